The largest absolute Gasteiger partial charge is 0.336 e. The molecule has 0 unspecified atom stereocenters. The molecule has 0 aliphatic heterocycles. The van der Waals surface area contributed by atoms with Crippen LogP contribution in [0.25, 0.3) is 0 Å². The Bertz CT molecular complexity index is 350. The van der Waals surface area contributed by atoms with E-state index >= 15 is 0 Å². The van der Waals surface area contributed by atoms with Gasteiger partial charge in [-0.3, -0.25) is 5.32 Å². The van der Waals surface area contributed by atoms with Gasteiger partial charge in [0.25, 0.3) is 0 Å². The minimum atomic E-state index is -0.427. The van der Waals surface area contributed by atoms with Crippen LogP contribution in [0.2, 0.25) is 10.6 Å². The van der Waals surface area contributed by atoms with Crippen LogP contribution in [0.1, 0.15) is 13.8 Å². The molecule has 0 aliphatic rings. The Labute approximate surface area is 96.4 Å². The third kappa shape index (κ3) is 4.26. The van der Waals surface area contributed by atoms with Crippen LogP contribution in [0, 0.1) is 0 Å². The first-order chi connectivity index (χ1) is 6.97. The van der Waals surface area contributed by atoms with Gasteiger partial charge in [-0.05, 0) is 37.0 Å². The van der Waals surface area contributed by atoms with Gasteiger partial charge in [-0.25, -0.2) is 4.79 Å². The van der Waals surface area contributed by atoms with Crippen molar-refractivity contribution in [3.05, 3.63) is 10.6 Å². The monoisotopic (exact) mass is 249 g/mol. The molecule has 8 heteroatoms. The fourth-order valence-corrected chi connectivity index (χ4v) is 1.15. The van der Waals surface area contributed by atoms with Gasteiger partial charge in [-0.2, -0.15) is 15.0 Å². The molecule has 1 rings (SSSR count). The maximum absolute atomic E-state index is 11.2. The van der Waals surface area contributed by atoms with E-state index in [0.29, 0.717) is 0 Å². The molecule has 1 aromatic rings. The molecule has 0 atom stereocenters. The summed E-state index contributed by atoms with van der Waals surface area (Å²) >= 11 is 11.0. The average Bonchev–Trinajstić information content (AvgIpc) is 1.98. The second-order valence-electron chi connectivity index (χ2n) is 2.95. The van der Waals surface area contributed by atoms with Crippen molar-refractivity contribution in [2.45, 2.75) is 19.9 Å². The number of hydrogen-bond acceptors (Lipinski definition) is 4. The van der Waals surface area contributed by atoms with E-state index in [-0.39, 0.29) is 22.6 Å². The zero-order valence-corrected chi connectivity index (χ0v) is 9.60. The highest BCUT2D eigenvalue weighted by atomic mass is 35.5. The number of amides is 2. The Morgan fingerprint density at radius 3 is 2.20 bits per heavy atom. The lowest BCUT2D eigenvalue weighted by Crippen LogP contribution is -2.34. The standard InChI is InChI=1S/C7H9Cl2N5O/c1-3(2)10-7(15)14-6-12-4(8)11-5(9)13-6/h3H,1-2H3,(H2,10,11,12,13,14,15). The molecule has 0 saturated carbocycles. The van der Waals surface area contributed by atoms with Crippen LogP contribution < -0.4 is 10.6 Å². The van der Waals surface area contributed by atoms with Crippen LogP contribution in [0.4, 0.5) is 10.7 Å². The first-order valence-corrected chi connectivity index (χ1v) is 4.87. The van der Waals surface area contributed by atoms with Crippen LogP contribution in [-0.2, 0) is 0 Å². The summed E-state index contributed by atoms with van der Waals surface area (Å²) in [5.74, 6) is 0.0122. The molecule has 1 heterocycles. The molecule has 1 aromatic heterocycles. The van der Waals surface area contributed by atoms with Crippen LogP contribution >= 0.6 is 23.2 Å². The Hall–Kier alpha value is -1.14. The maximum Gasteiger partial charge on any atom is 0.321 e. The summed E-state index contributed by atoms with van der Waals surface area (Å²) in [5, 5.41) is 4.82. The number of nitrogens with zero attached hydrogens (tertiary/aromatic N) is 3. The summed E-state index contributed by atoms with van der Waals surface area (Å²) in [6, 6.07) is -0.416. The van der Waals surface area contributed by atoms with E-state index in [9.17, 15) is 4.79 Å². The number of nitrogens with one attached hydrogen (secondary N) is 2. The van der Waals surface area contributed by atoms with E-state index in [4.69, 9.17) is 23.2 Å². The van der Waals surface area contributed by atoms with Crippen molar-refractivity contribution in [3.8, 4) is 0 Å². The molecule has 2 N–H and O–H groups in total. The number of carbonyl (C=O) groups excluding carboxylic acids is 1. The van der Waals surface area contributed by atoms with Gasteiger partial charge in [0, 0.05) is 6.04 Å². The molecule has 0 aromatic carbocycles. The van der Waals surface area contributed by atoms with E-state index in [1.807, 2.05) is 13.8 Å². The Morgan fingerprint density at radius 1 is 1.20 bits per heavy atom. The summed E-state index contributed by atoms with van der Waals surface area (Å²) in [4.78, 5) is 22.1. The van der Waals surface area contributed by atoms with Crippen molar-refractivity contribution < 1.29 is 4.79 Å². The summed E-state index contributed by atoms with van der Waals surface area (Å²) in [6.45, 7) is 3.65. The Balaban J connectivity index is 2.68. The lowest BCUT2D eigenvalue weighted by molar-refractivity contribution is 0.250. The normalized spacial score (nSPS) is 10.2. The van der Waals surface area contributed by atoms with Gasteiger partial charge in [-0.1, -0.05) is 0 Å². The molecule has 15 heavy (non-hydrogen) atoms. The third-order valence-electron chi connectivity index (χ3n) is 1.23. The zero-order valence-electron chi connectivity index (χ0n) is 8.08. The third-order valence-corrected chi connectivity index (χ3v) is 1.56. The van der Waals surface area contributed by atoms with E-state index in [1.54, 1.807) is 0 Å². The summed E-state index contributed by atoms with van der Waals surface area (Å²) < 4.78 is 0. The number of halogens is 2. The summed E-state index contributed by atoms with van der Waals surface area (Å²) in [7, 11) is 0. The van der Waals surface area contributed by atoms with Crippen LogP contribution in [0.15, 0.2) is 0 Å². The second kappa shape index (κ2) is 5.09. The summed E-state index contributed by atoms with van der Waals surface area (Å²) in [5.41, 5.74) is 0. The second-order valence-corrected chi connectivity index (χ2v) is 3.63. The summed E-state index contributed by atoms with van der Waals surface area (Å²) in [6.07, 6.45) is 0. The topological polar surface area (TPSA) is 79.8 Å². The number of carbonyl (C=O) groups is 1. The number of hydrogen-bond donors (Lipinski definition) is 2. The van der Waals surface area contributed by atoms with Crippen molar-refractivity contribution in [2.75, 3.05) is 5.32 Å². The molecule has 0 spiro atoms. The van der Waals surface area contributed by atoms with Crippen LogP contribution in [0.3, 0.4) is 0 Å². The highest BCUT2D eigenvalue weighted by Crippen LogP contribution is 2.09. The van der Waals surface area contributed by atoms with Crippen molar-refractivity contribution in [2.24, 2.45) is 0 Å². The van der Waals surface area contributed by atoms with Crippen LogP contribution in [0.5, 0.6) is 0 Å². The fourth-order valence-electron chi connectivity index (χ4n) is 0.782. The number of anilines is 1. The van der Waals surface area contributed by atoms with Crippen molar-refractivity contribution in [1.29, 1.82) is 0 Å². The molecule has 0 radical (unpaired) electrons. The zero-order chi connectivity index (χ0) is 11.4. The molecule has 0 saturated heterocycles. The molecule has 82 valence electrons. The van der Waals surface area contributed by atoms with E-state index in [0.717, 1.165) is 0 Å². The highest BCUT2D eigenvalue weighted by molar-refractivity contribution is 6.31. The predicted molar refractivity (Wildman–Crippen MR) is 57.1 cm³/mol. The molecular weight excluding hydrogens is 241 g/mol. The lowest BCUT2D eigenvalue weighted by Gasteiger charge is -2.08. The minimum Gasteiger partial charge on any atom is -0.336 e. The number of urea groups is 1. The predicted octanol–water partition coefficient (Wildman–Crippen LogP) is 1.71. The quantitative estimate of drug-likeness (QED) is 0.837. The molecule has 6 nitrogen and oxygen atoms in total. The van der Waals surface area contributed by atoms with Gasteiger partial charge < -0.3 is 5.32 Å². The molecule has 0 fully saturated rings. The first-order valence-electron chi connectivity index (χ1n) is 4.12. The van der Waals surface area contributed by atoms with Gasteiger partial charge in [0.05, 0.1) is 0 Å². The number of rotatable bonds is 2. The highest BCUT2D eigenvalue weighted by Gasteiger charge is 2.07. The van der Waals surface area contributed by atoms with E-state index in [2.05, 4.69) is 25.6 Å². The smallest absolute Gasteiger partial charge is 0.321 e. The van der Waals surface area contributed by atoms with Gasteiger partial charge in [0.1, 0.15) is 0 Å². The maximum atomic E-state index is 11.2. The lowest BCUT2D eigenvalue weighted by atomic mass is 10.4. The molecule has 2 amide bonds. The van der Waals surface area contributed by atoms with E-state index < -0.39 is 6.03 Å². The van der Waals surface area contributed by atoms with Crippen molar-refractivity contribution in [1.82, 2.24) is 20.3 Å². The van der Waals surface area contributed by atoms with Crippen molar-refractivity contribution in [3.63, 3.8) is 0 Å². The first kappa shape index (κ1) is 11.9. The van der Waals surface area contributed by atoms with Gasteiger partial charge >= 0.3 is 6.03 Å². The fraction of sp³-hybridized carbons (Fsp3) is 0.429. The molecule has 0 aliphatic carbocycles. The van der Waals surface area contributed by atoms with Crippen molar-refractivity contribution >= 4 is 35.2 Å². The number of aromatic nitrogens is 3. The average molecular weight is 250 g/mol. The van der Waals surface area contributed by atoms with Gasteiger partial charge in [0.15, 0.2) is 0 Å². The SMILES string of the molecule is CC(C)NC(=O)Nc1nc(Cl)nc(Cl)n1. The van der Waals surface area contributed by atoms with E-state index in [1.165, 1.54) is 0 Å². The van der Waals surface area contributed by atoms with Gasteiger partial charge in [-0.15, -0.1) is 0 Å². The molecule has 0 bridgehead atoms. The Kier molecular flexibility index (Phi) is 4.05. The van der Waals surface area contributed by atoms with Crippen LogP contribution in [-0.4, -0.2) is 27.0 Å². The van der Waals surface area contributed by atoms with Gasteiger partial charge in [0.2, 0.25) is 16.5 Å². The Morgan fingerprint density at radius 2 is 1.73 bits per heavy atom. The molecular formula is C7H9Cl2N5O. The minimum absolute atomic E-state index is 0.0118.